The predicted molar refractivity (Wildman–Crippen MR) is 103 cm³/mol. The van der Waals surface area contributed by atoms with Crippen LogP contribution in [0, 0.1) is 18.6 Å². The van der Waals surface area contributed by atoms with Gasteiger partial charge in [-0.25, -0.2) is 18.7 Å². The molecule has 2 aromatic carbocycles. The molecular formula is C20H15F2N5O. The van der Waals surface area contributed by atoms with Gasteiger partial charge < -0.3 is 16.0 Å². The molecular weight excluding hydrogens is 364 g/mol. The minimum absolute atomic E-state index is 0.0358. The van der Waals surface area contributed by atoms with E-state index in [1.807, 2.05) is 31.2 Å². The van der Waals surface area contributed by atoms with Crippen LogP contribution in [0.3, 0.4) is 0 Å². The molecule has 2 heterocycles. The summed E-state index contributed by atoms with van der Waals surface area (Å²) < 4.78 is 28.5. The van der Waals surface area contributed by atoms with Crippen LogP contribution in [0.4, 0.5) is 26.0 Å². The van der Waals surface area contributed by atoms with Crippen molar-refractivity contribution < 1.29 is 13.6 Å². The maximum absolute atomic E-state index is 14.3. The molecule has 0 saturated heterocycles. The van der Waals surface area contributed by atoms with Crippen molar-refractivity contribution in [2.45, 2.75) is 6.92 Å². The van der Waals surface area contributed by atoms with Crippen LogP contribution >= 0.6 is 0 Å². The summed E-state index contributed by atoms with van der Waals surface area (Å²) in [5, 5.41) is 3.44. The first-order valence-electron chi connectivity index (χ1n) is 8.39. The molecule has 0 fully saturated rings. The smallest absolute Gasteiger partial charge is 0.201 e. The molecule has 0 spiro atoms. The molecule has 140 valence electrons. The van der Waals surface area contributed by atoms with Gasteiger partial charge in [-0.3, -0.25) is 4.79 Å². The predicted octanol–water partition coefficient (Wildman–Crippen LogP) is 4.10. The second-order valence-electron chi connectivity index (χ2n) is 6.29. The van der Waals surface area contributed by atoms with Crippen molar-refractivity contribution in [1.82, 2.24) is 15.0 Å². The summed E-state index contributed by atoms with van der Waals surface area (Å²) in [5.41, 5.74) is 6.70. The van der Waals surface area contributed by atoms with Gasteiger partial charge in [0.25, 0.3) is 0 Å². The minimum Gasteiger partial charge on any atom is -0.396 e. The number of aromatic nitrogens is 3. The molecule has 0 radical (unpaired) electrons. The van der Waals surface area contributed by atoms with E-state index in [1.54, 1.807) is 0 Å². The number of rotatable bonds is 4. The van der Waals surface area contributed by atoms with E-state index >= 15 is 0 Å². The van der Waals surface area contributed by atoms with Crippen LogP contribution in [0.2, 0.25) is 0 Å². The van der Waals surface area contributed by atoms with Gasteiger partial charge in [-0.05, 0) is 31.2 Å². The Morgan fingerprint density at radius 1 is 1.11 bits per heavy atom. The lowest BCUT2D eigenvalue weighted by Crippen LogP contribution is -2.10. The molecule has 0 aliphatic rings. The van der Waals surface area contributed by atoms with Gasteiger partial charge in [0.15, 0.2) is 5.82 Å². The third kappa shape index (κ3) is 2.94. The number of aryl methyl sites for hydroxylation is 1. The summed E-state index contributed by atoms with van der Waals surface area (Å²) in [5.74, 6) is -2.60. The number of fused-ring (bicyclic) bond motifs is 1. The molecule has 0 unspecified atom stereocenters. The molecule has 2 aromatic heterocycles. The molecule has 0 aliphatic heterocycles. The highest BCUT2D eigenvalue weighted by Gasteiger charge is 2.25. The second kappa shape index (κ2) is 6.73. The van der Waals surface area contributed by atoms with Crippen LogP contribution in [-0.2, 0) is 0 Å². The van der Waals surface area contributed by atoms with Crippen molar-refractivity contribution in [3.8, 4) is 0 Å². The van der Waals surface area contributed by atoms with Crippen LogP contribution in [0.5, 0.6) is 0 Å². The number of ketones is 1. The lowest BCUT2D eigenvalue weighted by Gasteiger charge is -2.09. The van der Waals surface area contributed by atoms with Crippen molar-refractivity contribution >= 4 is 34.0 Å². The van der Waals surface area contributed by atoms with Crippen LogP contribution < -0.4 is 11.1 Å². The van der Waals surface area contributed by atoms with Crippen LogP contribution in [0.25, 0.3) is 11.0 Å². The summed E-state index contributed by atoms with van der Waals surface area (Å²) in [7, 11) is 0. The monoisotopic (exact) mass is 379 g/mol. The van der Waals surface area contributed by atoms with E-state index in [0.717, 1.165) is 23.4 Å². The molecule has 8 heteroatoms. The largest absolute Gasteiger partial charge is 0.396 e. The Morgan fingerprint density at radius 2 is 1.86 bits per heavy atom. The summed E-state index contributed by atoms with van der Waals surface area (Å²) >= 11 is 0. The fourth-order valence-corrected chi connectivity index (χ4v) is 2.92. The Balaban J connectivity index is 1.84. The summed E-state index contributed by atoms with van der Waals surface area (Å²) in [4.78, 5) is 24.0. The third-order valence-electron chi connectivity index (χ3n) is 4.38. The Labute approximate surface area is 158 Å². The molecule has 28 heavy (non-hydrogen) atoms. The average molecular weight is 379 g/mol. The van der Waals surface area contributed by atoms with E-state index in [9.17, 15) is 13.6 Å². The third-order valence-corrected chi connectivity index (χ3v) is 4.38. The molecule has 0 aliphatic carbocycles. The molecule has 4 N–H and O–H groups in total. The highest BCUT2D eigenvalue weighted by molar-refractivity contribution is 6.18. The number of nitrogens with one attached hydrogen (secondary N) is 2. The van der Waals surface area contributed by atoms with Crippen molar-refractivity contribution in [2.75, 3.05) is 11.1 Å². The summed E-state index contributed by atoms with van der Waals surface area (Å²) in [6.07, 6.45) is 2.68. The number of anilines is 3. The Morgan fingerprint density at radius 3 is 2.61 bits per heavy atom. The van der Waals surface area contributed by atoms with Crippen molar-refractivity contribution in [2.24, 2.45) is 0 Å². The number of nitrogens with zero attached hydrogens (tertiary/aromatic N) is 2. The molecule has 0 atom stereocenters. The van der Waals surface area contributed by atoms with E-state index in [2.05, 4.69) is 20.3 Å². The Kier molecular flexibility index (Phi) is 4.23. The number of hydrogen-bond acceptors (Lipinski definition) is 5. The maximum Gasteiger partial charge on any atom is 0.201 e. The van der Waals surface area contributed by atoms with Gasteiger partial charge in [0.05, 0.1) is 22.2 Å². The van der Waals surface area contributed by atoms with Crippen molar-refractivity contribution in [3.05, 3.63) is 77.2 Å². The van der Waals surface area contributed by atoms with E-state index in [-0.39, 0.29) is 11.3 Å². The van der Waals surface area contributed by atoms with Gasteiger partial charge in [0, 0.05) is 11.9 Å². The molecule has 0 amide bonds. The summed E-state index contributed by atoms with van der Waals surface area (Å²) in [6, 6.07) is 9.58. The first kappa shape index (κ1) is 17.6. The number of hydrogen-bond donors (Lipinski definition) is 3. The van der Waals surface area contributed by atoms with Crippen LogP contribution in [-0.4, -0.2) is 20.7 Å². The Hall–Kier alpha value is -3.81. The zero-order valence-electron chi connectivity index (χ0n) is 14.8. The molecule has 6 nitrogen and oxygen atoms in total. The highest BCUT2D eigenvalue weighted by atomic mass is 19.1. The first-order chi connectivity index (χ1) is 13.5. The SMILES string of the molecule is Cc1ccc(Nc2ncnc3[nH]cc(C(=O)c4c(F)ccc(N)c4F)c23)cc1. The number of H-pyrrole nitrogens is 1. The quantitative estimate of drug-likeness (QED) is 0.366. The zero-order valence-corrected chi connectivity index (χ0v) is 14.8. The summed E-state index contributed by atoms with van der Waals surface area (Å²) in [6.45, 7) is 1.96. The second-order valence-corrected chi connectivity index (χ2v) is 6.29. The van der Waals surface area contributed by atoms with E-state index < -0.39 is 23.0 Å². The van der Waals surface area contributed by atoms with E-state index in [0.29, 0.717) is 16.9 Å². The standard InChI is InChI=1S/C20H15F2N5O/c1-10-2-4-11(5-3-10)27-20-15-12(8-24-19(15)25-9-26-20)18(28)16-13(21)6-7-14(23)17(16)22/h2-9H,23H2,1H3,(H2,24,25,26,27). The normalized spacial score (nSPS) is 11.0. The minimum atomic E-state index is -1.09. The van der Waals surface area contributed by atoms with E-state index in [1.165, 1.54) is 12.5 Å². The lowest BCUT2D eigenvalue weighted by molar-refractivity contribution is 0.103. The van der Waals surface area contributed by atoms with Crippen LogP contribution in [0.1, 0.15) is 21.5 Å². The van der Waals surface area contributed by atoms with Crippen molar-refractivity contribution in [1.29, 1.82) is 0 Å². The number of carbonyl (C=O) groups excluding carboxylic acids is 1. The number of nitrogens with two attached hydrogens (primary N) is 1. The zero-order chi connectivity index (χ0) is 19.8. The van der Waals surface area contributed by atoms with Gasteiger partial charge in [-0.1, -0.05) is 17.7 Å². The fourth-order valence-electron chi connectivity index (χ4n) is 2.92. The van der Waals surface area contributed by atoms with E-state index in [4.69, 9.17) is 5.73 Å². The van der Waals surface area contributed by atoms with Crippen LogP contribution in [0.15, 0.2) is 48.9 Å². The number of aromatic amines is 1. The fraction of sp³-hybridized carbons (Fsp3) is 0.0500. The number of carbonyl (C=O) groups is 1. The highest BCUT2D eigenvalue weighted by Crippen LogP contribution is 2.30. The number of halogens is 2. The molecule has 0 bridgehead atoms. The average Bonchev–Trinajstić information content (AvgIpc) is 3.12. The molecule has 0 saturated carbocycles. The van der Waals surface area contributed by atoms with Gasteiger partial charge >= 0.3 is 0 Å². The van der Waals surface area contributed by atoms with Gasteiger partial charge in [0.1, 0.15) is 23.6 Å². The van der Waals surface area contributed by atoms with Gasteiger partial charge in [0.2, 0.25) is 5.78 Å². The van der Waals surface area contributed by atoms with Gasteiger partial charge in [-0.2, -0.15) is 0 Å². The Bertz CT molecular complexity index is 1200. The lowest BCUT2D eigenvalue weighted by atomic mass is 10.0. The molecule has 4 rings (SSSR count). The first-order valence-corrected chi connectivity index (χ1v) is 8.39. The van der Waals surface area contributed by atoms with Gasteiger partial charge in [-0.15, -0.1) is 0 Å². The topological polar surface area (TPSA) is 96.7 Å². The molecule has 4 aromatic rings. The number of nitrogen functional groups attached to an aromatic ring is 1. The maximum atomic E-state index is 14.3. The van der Waals surface area contributed by atoms with Crippen molar-refractivity contribution in [3.63, 3.8) is 0 Å². The number of benzene rings is 2.